The highest BCUT2D eigenvalue weighted by atomic mass is 32.1. The van der Waals surface area contributed by atoms with Crippen molar-refractivity contribution >= 4 is 11.3 Å². The van der Waals surface area contributed by atoms with Crippen LogP contribution in [0.15, 0.2) is 35.7 Å². The lowest BCUT2D eigenvalue weighted by Crippen LogP contribution is -2.45. The van der Waals surface area contributed by atoms with Crippen LogP contribution in [0, 0.1) is 11.6 Å². The summed E-state index contributed by atoms with van der Waals surface area (Å²) in [6.45, 7) is 3.41. The summed E-state index contributed by atoms with van der Waals surface area (Å²) in [5, 5.41) is 5.26. The molecule has 0 unspecified atom stereocenters. The number of benzene rings is 1. The fourth-order valence-electron chi connectivity index (χ4n) is 2.65. The second kappa shape index (κ2) is 5.99. The van der Waals surface area contributed by atoms with E-state index in [0.717, 1.165) is 31.1 Å². The van der Waals surface area contributed by atoms with Crippen LogP contribution in [0.5, 0.6) is 0 Å². The number of hydrogen-bond acceptors (Lipinski definition) is 3. The average Bonchev–Trinajstić information content (AvgIpc) is 2.99. The quantitative estimate of drug-likeness (QED) is 0.936. The van der Waals surface area contributed by atoms with Crippen molar-refractivity contribution in [2.45, 2.75) is 6.04 Å². The Balaban J connectivity index is 2.03. The van der Waals surface area contributed by atoms with E-state index >= 15 is 0 Å². The normalized spacial score (nSPS) is 18.1. The summed E-state index contributed by atoms with van der Waals surface area (Å²) in [6, 6.07) is 8.17. The van der Waals surface area contributed by atoms with Crippen molar-refractivity contribution in [3.05, 3.63) is 57.8 Å². The molecule has 0 saturated carbocycles. The van der Waals surface area contributed by atoms with E-state index in [1.807, 2.05) is 17.5 Å². The molecule has 3 rings (SSSR count). The molecule has 0 spiro atoms. The van der Waals surface area contributed by atoms with Gasteiger partial charge in [0.15, 0.2) is 11.6 Å². The zero-order valence-corrected chi connectivity index (χ0v) is 11.8. The predicted octanol–water partition coefficient (Wildman–Crippen LogP) is 3.02. The largest absolute Gasteiger partial charge is 0.314 e. The Morgan fingerprint density at radius 1 is 1.10 bits per heavy atom. The number of thiophene rings is 1. The van der Waals surface area contributed by atoms with Gasteiger partial charge in [-0.05, 0) is 17.5 Å². The Morgan fingerprint density at radius 2 is 1.90 bits per heavy atom. The minimum atomic E-state index is -0.779. The van der Waals surface area contributed by atoms with Crippen LogP contribution in [-0.2, 0) is 0 Å². The van der Waals surface area contributed by atoms with Gasteiger partial charge in [0.1, 0.15) is 0 Å². The number of rotatable bonds is 3. The molecule has 1 fully saturated rings. The molecule has 0 aliphatic carbocycles. The molecule has 5 heteroatoms. The first-order chi connectivity index (χ1) is 9.77. The second-order valence-corrected chi connectivity index (χ2v) is 5.83. The molecule has 2 aromatic rings. The second-order valence-electron chi connectivity index (χ2n) is 4.85. The van der Waals surface area contributed by atoms with E-state index in [0.29, 0.717) is 5.56 Å². The average molecular weight is 294 g/mol. The zero-order valence-electron chi connectivity index (χ0n) is 11.0. The Kier molecular flexibility index (Phi) is 4.10. The van der Waals surface area contributed by atoms with Gasteiger partial charge >= 0.3 is 0 Å². The van der Waals surface area contributed by atoms with Crippen molar-refractivity contribution in [1.82, 2.24) is 10.2 Å². The van der Waals surface area contributed by atoms with E-state index in [-0.39, 0.29) is 6.04 Å². The molecule has 1 atom stereocenters. The van der Waals surface area contributed by atoms with Crippen molar-refractivity contribution in [2.24, 2.45) is 0 Å². The molecule has 106 valence electrons. The molecule has 2 nitrogen and oxygen atoms in total. The van der Waals surface area contributed by atoms with E-state index in [1.54, 1.807) is 23.5 Å². The standard InChI is InChI=1S/C15H16F2N2S/c16-12-4-1-3-11(14(12)17)15(13-5-2-10-20-13)19-8-6-18-7-9-19/h1-5,10,15,18H,6-9H2/t15-/m1/s1. The van der Waals surface area contributed by atoms with Gasteiger partial charge in [-0.3, -0.25) is 4.90 Å². The molecular weight excluding hydrogens is 278 g/mol. The van der Waals surface area contributed by atoms with Gasteiger partial charge in [-0.15, -0.1) is 11.3 Å². The lowest BCUT2D eigenvalue weighted by Gasteiger charge is -2.34. The third kappa shape index (κ3) is 2.61. The van der Waals surface area contributed by atoms with E-state index in [9.17, 15) is 8.78 Å². The maximum absolute atomic E-state index is 14.2. The van der Waals surface area contributed by atoms with Crippen LogP contribution in [0.1, 0.15) is 16.5 Å². The summed E-state index contributed by atoms with van der Waals surface area (Å²) in [7, 11) is 0. The van der Waals surface area contributed by atoms with E-state index in [2.05, 4.69) is 10.2 Å². The fraction of sp³-hybridized carbons (Fsp3) is 0.333. The van der Waals surface area contributed by atoms with Gasteiger partial charge < -0.3 is 5.32 Å². The van der Waals surface area contributed by atoms with E-state index < -0.39 is 11.6 Å². The minimum Gasteiger partial charge on any atom is -0.314 e. The molecule has 1 aromatic carbocycles. The molecule has 0 radical (unpaired) electrons. The van der Waals surface area contributed by atoms with Gasteiger partial charge in [0.2, 0.25) is 0 Å². The Morgan fingerprint density at radius 3 is 2.60 bits per heavy atom. The summed E-state index contributed by atoms with van der Waals surface area (Å²) >= 11 is 1.58. The van der Waals surface area contributed by atoms with Crippen molar-refractivity contribution in [2.75, 3.05) is 26.2 Å². The lowest BCUT2D eigenvalue weighted by molar-refractivity contribution is 0.197. The maximum Gasteiger partial charge on any atom is 0.163 e. The fourth-order valence-corrected chi connectivity index (χ4v) is 3.53. The molecule has 1 aromatic heterocycles. The van der Waals surface area contributed by atoms with Crippen LogP contribution in [0.2, 0.25) is 0 Å². The topological polar surface area (TPSA) is 15.3 Å². The molecule has 1 saturated heterocycles. The van der Waals surface area contributed by atoms with Crippen LogP contribution >= 0.6 is 11.3 Å². The summed E-state index contributed by atoms with van der Waals surface area (Å²) in [6.07, 6.45) is 0. The summed E-state index contributed by atoms with van der Waals surface area (Å²) in [5.74, 6) is -1.51. The summed E-state index contributed by atoms with van der Waals surface area (Å²) in [4.78, 5) is 3.26. The van der Waals surface area contributed by atoms with Gasteiger partial charge in [-0.1, -0.05) is 18.2 Å². The SMILES string of the molecule is Fc1cccc([C@H](c2cccs2)N2CCNCC2)c1F. The molecule has 0 amide bonds. The molecule has 20 heavy (non-hydrogen) atoms. The molecule has 2 heterocycles. The van der Waals surface area contributed by atoms with Crippen LogP contribution in [-0.4, -0.2) is 31.1 Å². The van der Waals surface area contributed by atoms with E-state index in [1.165, 1.54) is 6.07 Å². The Bertz CT molecular complexity index is 565. The predicted molar refractivity (Wildman–Crippen MR) is 77.0 cm³/mol. The molecular formula is C15H16F2N2S. The molecule has 0 bridgehead atoms. The van der Waals surface area contributed by atoms with Crippen molar-refractivity contribution < 1.29 is 8.78 Å². The molecule has 1 aliphatic heterocycles. The van der Waals surface area contributed by atoms with E-state index in [4.69, 9.17) is 0 Å². The number of piperazine rings is 1. The van der Waals surface area contributed by atoms with Gasteiger partial charge in [-0.25, -0.2) is 8.78 Å². The van der Waals surface area contributed by atoms with Gasteiger partial charge in [-0.2, -0.15) is 0 Å². The first-order valence-corrected chi connectivity index (χ1v) is 7.57. The monoisotopic (exact) mass is 294 g/mol. The van der Waals surface area contributed by atoms with Crippen LogP contribution in [0.3, 0.4) is 0 Å². The Hall–Kier alpha value is -1.30. The highest BCUT2D eigenvalue weighted by Crippen LogP contribution is 2.33. The van der Waals surface area contributed by atoms with Crippen molar-refractivity contribution in [3.63, 3.8) is 0 Å². The first kappa shape index (κ1) is 13.7. The highest BCUT2D eigenvalue weighted by molar-refractivity contribution is 7.10. The van der Waals surface area contributed by atoms with Crippen LogP contribution in [0.25, 0.3) is 0 Å². The first-order valence-electron chi connectivity index (χ1n) is 6.69. The third-order valence-electron chi connectivity index (χ3n) is 3.61. The zero-order chi connectivity index (χ0) is 13.9. The third-order valence-corrected chi connectivity index (χ3v) is 4.53. The van der Waals surface area contributed by atoms with Gasteiger partial charge in [0.05, 0.1) is 6.04 Å². The number of hydrogen-bond donors (Lipinski definition) is 1. The summed E-state index contributed by atoms with van der Waals surface area (Å²) in [5.41, 5.74) is 0.425. The summed E-state index contributed by atoms with van der Waals surface area (Å²) < 4.78 is 27.7. The number of nitrogens with zero attached hydrogens (tertiary/aromatic N) is 1. The lowest BCUT2D eigenvalue weighted by atomic mass is 10.0. The molecule has 1 N–H and O–H groups in total. The van der Waals surface area contributed by atoms with Gasteiger partial charge in [0, 0.05) is 36.6 Å². The molecule has 1 aliphatic rings. The van der Waals surface area contributed by atoms with Crippen molar-refractivity contribution in [1.29, 1.82) is 0 Å². The smallest absolute Gasteiger partial charge is 0.163 e. The Labute approximate surface area is 121 Å². The minimum absolute atomic E-state index is 0.201. The van der Waals surface area contributed by atoms with Gasteiger partial charge in [0.25, 0.3) is 0 Å². The number of halogens is 2. The highest BCUT2D eigenvalue weighted by Gasteiger charge is 2.27. The van der Waals surface area contributed by atoms with Crippen LogP contribution < -0.4 is 5.32 Å². The van der Waals surface area contributed by atoms with Crippen LogP contribution in [0.4, 0.5) is 8.78 Å². The number of nitrogens with one attached hydrogen (secondary N) is 1. The maximum atomic E-state index is 14.2. The van der Waals surface area contributed by atoms with Crippen molar-refractivity contribution in [3.8, 4) is 0 Å².